The van der Waals surface area contributed by atoms with E-state index in [-0.39, 0.29) is 0 Å². The lowest BCUT2D eigenvalue weighted by Crippen LogP contribution is -2.17. The molecule has 1 aromatic rings. The second kappa shape index (κ2) is 4.33. The Bertz CT molecular complexity index is 383. The molecule has 0 aromatic heterocycles. The number of halogens is 2. The SMILES string of the molecule is CCC(C)(C#N)c1ccc(Cl)c(Br)c1. The van der Waals surface area contributed by atoms with Crippen molar-refractivity contribution in [3.05, 3.63) is 33.3 Å². The molecule has 0 spiro atoms. The van der Waals surface area contributed by atoms with Crippen LogP contribution in [0.15, 0.2) is 22.7 Å². The van der Waals surface area contributed by atoms with Gasteiger partial charge in [-0.15, -0.1) is 0 Å². The molecule has 0 N–H and O–H groups in total. The number of hydrogen-bond donors (Lipinski definition) is 0. The van der Waals surface area contributed by atoms with E-state index in [9.17, 15) is 0 Å². The molecule has 1 aromatic carbocycles. The zero-order chi connectivity index (χ0) is 10.8. The summed E-state index contributed by atoms with van der Waals surface area (Å²) in [6, 6.07) is 7.95. The Kier molecular flexibility index (Phi) is 3.58. The maximum atomic E-state index is 9.10. The van der Waals surface area contributed by atoms with Crippen LogP contribution in [-0.4, -0.2) is 0 Å². The number of benzene rings is 1. The molecule has 0 saturated heterocycles. The molecule has 0 heterocycles. The van der Waals surface area contributed by atoms with Crippen LogP contribution in [-0.2, 0) is 5.41 Å². The molecule has 74 valence electrons. The normalized spacial score (nSPS) is 14.5. The molecule has 3 heteroatoms. The maximum absolute atomic E-state index is 9.10. The van der Waals surface area contributed by atoms with Crippen LogP contribution in [0.4, 0.5) is 0 Å². The van der Waals surface area contributed by atoms with Gasteiger partial charge in [0.25, 0.3) is 0 Å². The van der Waals surface area contributed by atoms with E-state index < -0.39 is 5.41 Å². The van der Waals surface area contributed by atoms with Gasteiger partial charge in [0.1, 0.15) is 0 Å². The minimum atomic E-state index is -0.424. The van der Waals surface area contributed by atoms with E-state index in [2.05, 4.69) is 22.0 Å². The molecule has 0 aliphatic heterocycles. The van der Waals surface area contributed by atoms with Crippen LogP contribution in [0.2, 0.25) is 5.02 Å². The van der Waals surface area contributed by atoms with Gasteiger partial charge in [-0.2, -0.15) is 5.26 Å². The van der Waals surface area contributed by atoms with E-state index in [1.165, 1.54) is 0 Å². The molecule has 0 saturated carbocycles. The highest BCUT2D eigenvalue weighted by molar-refractivity contribution is 9.10. The highest BCUT2D eigenvalue weighted by Gasteiger charge is 2.24. The smallest absolute Gasteiger partial charge is 0.0792 e. The molecule has 0 aliphatic carbocycles. The first kappa shape index (κ1) is 11.6. The summed E-state index contributed by atoms with van der Waals surface area (Å²) < 4.78 is 0.839. The van der Waals surface area contributed by atoms with E-state index >= 15 is 0 Å². The van der Waals surface area contributed by atoms with E-state index in [1.54, 1.807) is 0 Å². The van der Waals surface area contributed by atoms with Crippen molar-refractivity contribution in [3.8, 4) is 6.07 Å². The third-order valence-electron chi connectivity index (χ3n) is 2.51. The second-order valence-corrected chi connectivity index (χ2v) is 4.69. The molecule has 1 atom stereocenters. The first-order chi connectivity index (χ1) is 6.53. The molecule has 1 nitrogen and oxygen atoms in total. The summed E-state index contributed by atoms with van der Waals surface area (Å²) in [5, 5.41) is 9.77. The van der Waals surface area contributed by atoms with Gasteiger partial charge in [0.05, 0.1) is 16.5 Å². The van der Waals surface area contributed by atoms with Crippen LogP contribution in [0.5, 0.6) is 0 Å². The van der Waals surface area contributed by atoms with Gasteiger partial charge in [0.15, 0.2) is 0 Å². The molecule has 1 rings (SSSR count). The van der Waals surface area contributed by atoms with Gasteiger partial charge < -0.3 is 0 Å². The fourth-order valence-corrected chi connectivity index (χ4v) is 1.68. The molecule has 0 radical (unpaired) electrons. The van der Waals surface area contributed by atoms with Crippen LogP contribution in [0.25, 0.3) is 0 Å². The third-order valence-corrected chi connectivity index (χ3v) is 3.72. The van der Waals surface area contributed by atoms with E-state index in [4.69, 9.17) is 16.9 Å². The summed E-state index contributed by atoms with van der Waals surface area (Å²) in [5.41, 5.74) is 0.575. The van der Waals surface area contributed by atoms with Crippen molar-refractivity contribution in [2.75, 3.05) is 0 Å². The average molecular weight is 273 g/mol. The summed E-state index contributed by atoms with van der Waals surface area (Å²) >= 11 is 9.24. The molecular weight excluding hydrogens is 261 g/mol. The van der Waals surface area contributed by atoms with Crippen molar-refractivity contribution >= 4 is 27.5 Å². The number of rotatable bonds is 2. The largest absolute Gasteiger partial charge is 0.197 e. The lowest BCUT2D eigenvalue weighted by Gasteiger charge is -2.20. The molecule has 0 bridgehead atoms. The Labute approximate surface area is 97.8 Å². The topological polar surface area (TPSA) is 23.8 Å². The van der Waals surface area contributed by atoms with Gasteiger partial charge in [-0.1, -0.05) is 24.6 Å². The van der Waals surface area contributed by atoms with Gasteiger partial charge in [-0.05, 0) is 47.0 Å². The fraction of sp³-hybridized carbons (Fsp3) is 0.364. The fourth-order valence-electron chi connectivity index (χ4n) is 1.19. The van der Waals surface area contributed by atoms with Gasteiger partial charge in [-0.3, -0.25) is 0 Å². The first-order valence-corrected chi connectivity index (χ1v) is 5.57. The zero-order valence-corrected chi connectivity index (χ0v) is 10.5. The third kappa shape index (κ3) is 2.10. The number of hydrogen-bond acceptors (Lipinski definition) is 1. The summed E-state index contributed by atoms with van der Waals surface area (Å²) in [6.07, 6.45) is 0.789. The first-order valence-electron chi connectivity index (χ1n) is 4.40. The van der Waals surface area contributed by atoms with Crippen molar-refractivity contribution < 1.29 is 0 Å². The Morgan fingerprint density at radius 3 is 2.64 bits per heavy atom. The Morgan fingerprint density at radius 1 is 1.57 bits per heavy atom. The monoisotopic (exact) mass is 271 g/mol. The molecule has 14 heavy (non-hydrogen) atoms. The minimum Gasteiger partial charge on any atom is -0.197 e. The van der Waals surface area contributed by atoms with Crippen molar-refractivity contribution in [1.29, 1.82) is 5.26 Å². The quantitative estimate of drug-likeness (QED) is 0.788. The lowest BCUT2D eigenvalue weighted by molar-refractivity contribution is 0.587. The van der Waals surface area contributed by atoms with Crippen LogP contribution in [0, 0.1) is 11.3 Å². The van der Waals surface area contributed by atoms with Crippen LogP contribution < -0.4 is 0 Å². The highest BCUT2D eigenvalue weighted by Crippen LogP contribution is 2.31. The molecule has 0 amide bonds. The van der Waals surface area contributed by atoms with E-state index in [0.29, 0.717) is 5.02 Å². The summed E-state index contributed by atoms with van der Waals surface area (Å²) in [6.45, 7) is 3.94. The average Bonchev–Trinajstić information content (AvgIpc) is 2.21. The maximum Gasteiger partial charge on any atom is 0.0792 e. The molecule has 1 unspecified atom stereocenters. The van der Waals surface area contributed by atoms with Crippen molar-refractivity contribution in [2.45, 2.75) is 25.7 Å². The predicted molar refractivity (Wildman–Crippen MR) is 62.4 cm³/mol. The summed E-state index contributed by atoms with van der Waals surface area (Å²) in [4.78, 5) is 0. The van der Waals surface area contributed by atoms with E-state index in [1.807, 2.05) is 32.0 Å². The highest BCUT2D eigenvalue weighted by atomic mass is 79.9. The van der Waals surface area contributed by atoms with E-state index in [0.717, 1.165) is 16.5 Å². The Balaban J connectivity index is 3.21. The summed E-state index contributed by atoms with van der Waals surface area (Å²) in [5.74, 6) is 0. The zero-order valence-electron chi connectivity index (χ0n) is 8.14. The summed E-state index contributed by atoms with van der Waals surface area (Å²) in [7, 11) is 0. The Hall–Kier alpha value is -0.520. The lowest BCUT2D eigenvalue weighted by atomic mass is 9.82. The second-order valence-electron chi connectivity index (χ2n) is 3.43. The Morgan fingerprint density at radius 2 is 2.21 bits per heavy atom. The van der Waals surface area contributed by atoms with Crippen LogP contribution >= 0.6 is 27.5 Å². The van der Waals surface area contributed by atoms with Gasteiger partial charge in [0.2, 0.25) is 0 Å². The van der Waals surface area contributed by atoms with Crippen molar-refractivity contribution in [3.63, 3.8) is 0 Å². The van der Waals surface area contributed by atoms with Crippen LogP contribution in [0.3, 0.4) is 0 Å². The van der Waals surface area contributed by atoms with Gasteiger partial charge in [0, 0.05) is 4.47 Å². The van der Waals surface area contributed by atoms with Crippen LogP contribution in [0.1, 0.15) is 25.8 Å². The number of nitrogens with zero attached hydrogens (tertiary/aromatic N) is 1. The molecular formula is C11H11BrClN. The molecule has 0 fully saturated rings. The number of nitriles is 1. The molecule has 0 aliphatic rings. The standard InChI is InChI=1S/C11H11BrClN/c1-3-11(2,7-14)8-4-5-10(13)9(12)6-8/h4-6H,3H2,1-2H3. The van der Waals surface area contributed by atoms with Crippen molar-refractivity contribution in [1.82, 2.24) is 0 Å². The minimum absolute atomic E-state index is 0.424. The van der Waals surface area contributed by atoms with Crippen molar-refractivity contribution in [2.24, 2.45) is 0 Å². The van der Waals surface area contributed by atoms with Gasteiger partial charge in [-0.25, -0.2) is 0 Å². The predicted octanol–water partition coefficient (Wildman–Crippen LogP) is 4.29. The van der Waals surface area contributed by atoms with Gasteiger partial charge >= 0.3 is 0 Å².